The molecule has 0 saturated heterocycles. The normalized spacial score (nSPS) is 17.9. The van der Waals surface area contributed by atoms with Crippen LogP contribution in [0.1, 0.15) is 47.1 Å². The fourth-order valence-corrected chi connectivity index (χ4v) is 4.26. The van der Waals surface area contributed by atoms with Gasteiger partial charge in [0.25, 0.3) is 0 Å². The second kappa shape index (κ2) is 9.35. The van der Waals surface area contributed by atoms with E-state index in [2.05, 4.69) is 58.8 Å². The fourth-order valence-electron chi connectivity index (χ4n) is 4.26. The standard InChI is InChI=1S/C25H30N4O2/c1-29(2)16-18-6-4-5-7-22(18)19-13-20(14-19)23-15-24(28-27-23)26-25(30)12-17-8-10-21(31-3)11-9-17/h4-11,15,19-20H,12-14,16H2,1-3H3,(H2,26,27,28,30). The summed E-state index contributed by atoms with van der Waals surface area (Å²) in [5.41, 5.74) is 4.83. The van der Waals surface area contributed by atoms with Crippen molar-refractivity contribution in [1.29, 1.82) is 0 Å². The van der Waals surface area contributed by atoms with Gasteiger partial charge in [-0.3, -0.25) is 9.89 Å². The highest BCUT2D eigenvalue weighted by Crippen LogP contribution is 2.48. The van der Waals surface area contributed by atoms with Crippen molar-refractivity contribution in [3.05, 3.63) is 77.0 Å². The van der Waals surface area contributed by atoms with E-state index in [-0.39, 0.29) is 5.91 Å². The average Bonchev–Trinajstić information content (AvgIpc) is 3.16. The van der Waals surface area contributed by atoms with Gasteiger partial charge < -0.3 is 15.0 Å². The summed E-state index contributed by atoms with van der Waals surface area (Å²) in [7, 11) is 5.84. The van der Waals surface area contributed by atoms with E-state index in [1.165, 1.54) is 11.1 Å². The molecular formula is C25H30N4O2. The van der Waals surface area contributed by atoms with Crippen LogP contribution >= 0.6 is 0 Å². The van der Waals surface area contributed by atoms with Crippen LogP contribution in [0.25, 0.3) is 0 Å². The number of methoxy groups -OCH3 is 1. The molecule has 1 aliphatic carbocycles. The number of nitrogens with zero attached hydrogens (tertiary/aromatic N) is 2. The third-order valence-electron chi connectivity index (χ3n) is 5.93. The zero-order valence-electron chi connectivity index (χ0n) is 18.4. The molecule has 6 heteroatoms. The number of rotatable bonds is 8. The number of hydrogen-bond donors (Lipinski definition) is 2. The highest BCUT2D eigenvalue weighted by molar-refractivity contribution is 5.91. The van der Waals surface area contributed by atoms with E-state index in [1.807, 2.05) is 30.3 Å². The monoisotopic (exact) mass is 418 g/mol. The quantitative estimate of drug-likeness (QED) is 0.572. The van der Waals surface area contributed by atoms with E-state index in [1.54, 1.807) is 7.11 Å². The molecule has 1 saturated carbocycles. The van der Waals surface area contributed by atoms with Crippen molar-refractivity contribution in [2.75, 3.05) is 26.5 Å². The SMILES string of the molecule is COc1ccc(CC(=O)Nc2cc(C3CC(c4ccccc4CN(C)C)C3)n[nH]2)cc1. The Labute approximate surface area is 183 Å². The second-order valence-electron chi connectivity index (χ2n) is 8.58. The summed E-state index contributed by atoms with van der Waals surface area (Å²) in [4.78, 5) is 14.6. The van der Waals surface area contributed by atoms with Crippen molar-refractivity contribution in [3.8, 4) is 5.75 Å². The predicted molar refractivity (Wildman–Crippen MR) is 122 cm³/mol. The molecule has 1 fully saturated rings. The molecule has 1 aromatic heterocycles. The molecule has 3 aromatic rings. The van der Waals surface area contributed by atoms with Crippen LogP contribution in [0.5, 0.6) is 5.75 Å². The number of carbonyl (C=O) groups excluding carboxylic acids is 1. The van der Waals surface area contributed by atoms with E-state index in [9.17, 15) is 4.79 Å². The summed E-state index contributed by atoms with van der Waals surface area (Å²) in [6.07, 6.45) is 2.50. The van der Waals surface area contributed by atoms with Crippen molar-refractivity contribution in [3.63, 3.8) is 0 Å². The number of amides is 1. The Balaban J connectivity index is 1.31. The Bertz CT molecular complexity index is 1020. The van der Waals surface area contributed by atoms with Crippen LogP contribution in [0, 0.1) is 0 Å². The summed E-state index contributed by atoms with van der Waals surface area (Å²) < 4.78 is 5.15. The number of aromatic amines is 1. The van der Waals surface area contributed by atoms with E-state index < -0.39 is 0 Å². The van der Waals surface area contributed by atoms with Gasteiger partial charge in [0.2, 0.25) is 5.91 Å². The minimum atomic E-state index is -0.0653. The van der Waals surface area contributed by atoms with E-state index in [4.69, 9.17) is 4.74 Å². The Kier molecular flexibility index (Phi) is 6.37. The van der Waals surface area contributed by atoms with Crippen LogP contribution < -0.4 is 10.1 Å². The molecule has 2 aromatic carbocycles. The first-order valence-corrected chi connectivity index (χ1v) is 10.7. The molecule has 1 heterocycles. The molecule has 0 radical (unpaired) electrons. The van der Waals surface area contributed by atoms with Crippen LogP contribution in [0.4, 0.5) is 5.82 Å². The first-order valence-electron chi connectivity index (χ1n) is 10.7. The van der Waals surface area contributed by atoms with E-state index >= 15 is 0 Å². The zero-order valence-corrected chi connectivity index (χ0v) is 18.4. The van der Waals surface area contributed by atoms with Crippen molar-refractivity contribution < 1.29 is 9.53 Å². The lowest BCUT2D eigenvalue weighted by molar-refractivity contribution is -0.115. The molecule has 0 unspecified atom stereocenters. The second-order valence-corrected chi connectivity index (χ2v) is 8.58. The molecular weight excluding hydrogens is 388 g/mol. The highest BCUT2D eigenvalue weighted by atomic mass is 16.5. The molecule has 0 bridgehead atoms. The lowest BCUT2D eigenvalue weighted by atomic mass is 9.69. The molecule has 1 aliphatic rings. The third-order valence-corrected chi connectivity index (χ3v) is 5.93. The number of carbonyl (C=O) groups is 1. The number of hydrogen-bond acceptors (Lipinski definition) is 4. The Morgan fingerprint density at radius 3 is 2.58 bits per heavy atom. The molecule has 4 rings (SSSR count). The number of ether oxygens (including phenoxy) is 1. The van der Waals surface area contributed by atoms with Crippen LogP contribution in [0.15, 0.2) is 54.6 Å². The molecule has 1 amide bonds. The average molecular weight is 419 g/mol. The molecule has 6 nitrogen and oxygen atoms in total. The number of benzene rings is 2. The number of H-pyrrole nitrogens is 1. The maximum absolute atomic E-state index is 12.4. The van der Waals surface area contributed by atoms with Gasteiger partial charge in [-0.05, 0) is 61.7 Å². The minimum absolute atomic E-state index is 0.0653. The zero-order chi connectivity index (χ0) is 21.8. The third kappa shape index (κ3) is 5.14. The molecule has 31 heavy (non-hydrogen) atoms. The van der Waals surface area contributed by atoms with Gasteiger partial charge in [-0.25, -0.2) is 0 Å². The smallest absolute Gasteiger partial charge is 0.229 e. The first kappa shape index (κ1) is 21.1. The van der Waals surface area contributed by atoms with Crippen molar-refractivity contribution in [2.45, 2.75) is 37.6 Å². The Morgan fingerprint density at radius 2 is 1.87 bits per heavy atom. The van der Waals surface area contributed by atoms with Crippen molar-refractivity contribution in [2.24, 2.45) is 0 Å². The van der Waals surface area contributed by atoms with Gasteiger partial charge in [-0.2, -0.15) is 5.10 Å². The van der Waals surface area contributed by atoms with Crippen molar-refractivity contribution >= 4 is 11.7 Å². The van der Waals surface area contributed by atoms with E-state index in [0.717, 1.165) is 36.4 Å². The maximum atomic E-state index is 12.4. The van der Waals surface area contributed by atoms with Gasteiger partial charge in [-0.1, -0.05) is 36.4 Å². The van der Waals surface area contributed by atoms with Gasteiger partial charge >= 0.3 is 0 Å². The predicted octanol–water partition coefficient (Wildman–Crippen LogP) is 4.32. The van der Waals surface area contributed by atoms with Gasteiger partial charge in [-0.15, -0.1) is 0 Å². The molecule has 2 N–H and O–H groups in total. The fraction of sp³-hybridized carbons (Fsp3) is 0.360. The summed E-state index contributed by atoms with van der Waals surface area (Å²) in [5, 5.41) is 10.4. The van der Waals surface area contributed by atoms with Gasteiger partial charge in [0.1, 0.15) is 11.6 Å². The number of aromatic nitrogens is 2. The van der Waals surface area contributed by atoms with E-state index in [0.29, 0.717) is 24.1 Å². The summed E-state index contributed by atoms with van der Waals surface area (Å²) in [6.45, 7) is 0.962. The summed E-state index contributed by atoms with van der Waals surface area (Å²) >= 11 is 0. The van der Waals surface area contributed by atoms with Crippen LogP contribution in [0.3, 0.4) is 0 Å². The van der Waals surface area contributed by atoms with Crippen molar-refractivity contribution in [1.82, 2.24) is 15.1 Å². The minimum Gasteiger partial charge on any atom is -0.497 e. The van der Waals surface area contributed by atoms with Gasteiger partial charge in [0.15, 0.2) is 0 Å². The van der Waals surface area contributed by atoms with Crippen LogP contribution in [0.2, 0.25) is 0 Å². The molecule has 0 atom stereocenters. The number of anilines is 1. The Hall–Kier alpha value is -3.12. The van der Waals surface area contributed by atoms with Gasteiger partial charge in [0, 0.05) is 18.5 Å². The highest BCUT2D eigenvalue weighted by Gasteiger charge is 2.34. The number of nitrogens with one attached hydrogen (secondary N) is 2. The topological polar surface area (TPSA) is 70.2 Å². The lowest BCUT2D eigenvalue weighted by Crippen LogP contribution is -2.23. The largest absolute Gasteiger partial charge is 0.497 e. The lowest BCUT2D eigenvalue weighted by Gasteiger charge is -2.36. The summed E-state index contributed by atoms with van der Waals surface area (Å²) in [6, 6.07) is 18.2. The summed E-state index contributed by atoms with van der Waals surface area (Å²) in [5.74, 6) is 2.38. The maximum Gasteiger partial charge on any atom is 0.229 e. The molecule has 0 spiro atoms. The molecule has 162 valence electrons. The Morgan fingerprint density at radius 1 is 1.13 bits per heavy atom. The van der Waals surface area contributed by atoms with Gasteiger partial charge in [0.05, 0.1) is 19.2 Å². The molecule has 0 aliphatic heterocycles. The van der Waals surface area contributed by atoms with Crippen LogP contribution in [-0.2, 0) is 17.8 Å². The van der Waals surface area contributed by atoms with Crippen LogP contribution in [-0.4, -0.2) is 42.2 Å². The first-order chi connectivity index (χ1) is 15.0.